The van der Waals surface area contributed by atoms with Gasteiger partial charge in [-0.2, -0.15) is 0 Å². The molecule has 0 spiro atoms. The number of sulfonamides is 1. The highest BCUT2D eigenvalue weighted by atomic mass is 32.2. The number of anilines is 1. The van der Waals surface area contributed by atoms with Crippen LogP contribution >= 0.6 is 0 Å². The average Bonchev–Trinajstić information content (AvgIpc) is 3.21. The normalized spacial score (nSPS) is 11.3. The molecule has 7 nitrogen and oxygen atoms in total. The highest BCUT2D eigenvalue weighted by molar-refractivity contribution is 7.92. The Hall–Kier alpha value is -3.13. The summed E-state index contributed by atoms with van der Waals surface area (Å²) >= 11 is 0. The highest BCUT2D eigenvalue weighted by Gasteiger charge is 2.20. The van der Waals surface area contributed by atoms with Crippen molar-refractivity contribution in [3.05, 3.63) is 77.4 Å². The van der Waals surface area contributed by atoms with E-state index in [1.165, 1.54) is 6.07 Å². The van der Waals surface area contributed by atoms with Gasteiger partial charge < -0.3 is 9.88 Å². The minimum atomic E-state index is -3.83. The molecule has 0 fully saturated rings. The van der Waals surface area contributed by atoms with Crippen LogP contribution in [0, 0.1) is 20.8 Å². The molecule has 1 amide bonds. The van der Waals surface area contributed by atoms with Crippen LogP contribution in [0.25, 0.3) is 0 Å². The molecule has 0 saturated heterocycles. The Balaban J connectivity index is 1.71. The van der Waals surface area contributed by atoms with Crippen LogP contribution in [-0.4, -0.2) is 30.4 Å². The van der Waals surface area contributed by atoms with Crippen LogP contribution in [-0.2, 0) is 16.6 Å². The first kappa shape index (κ1) is 21.6. The van der Waals surface area contributed by atoms with Gasteiger partial charge in [-0.25, -0.2) is 13.4 Å². The first-order valence-corrected chi connectivity index (χ1v) is 11.2. The van der Waals surface area contributed by atoms with Crippen molar-refractivity contribution in [2.45, 2.75) is 38.6 Å². The summed E-state index contributed by atoms with van der Waals surface area (Å²) in [5.41, 5.74) is 3.20. The number of hydrogen-bond acceptors (Lipinski definition) is 4. The maximum Gasteiger partial charge on any atom is 0.262 e. The lowest BCUT2D eigenvalue weighted by molar-refractivity contribution is 0.0952. The summed E-state index contributed by atoms with van der Waals surface area (Å²) in [6.07, 6.45) is 6.04. The fourth-order valence-corrected chi connectivity index (χ4v) is 4.45. The Morgan fingerprint density at radius 1 is 1.07 bits per heavy atom. The van der Waals surface area contributed by atoms with E-state index in [1.807, 2.05) is 36.7 Å². The Morgan fingerprint density at radius 2 is 1.83 bits per heavy atom. The second-order valence-electron chi connectivity index (χ2n) is 7.31. The summed E-state index contributed by atoms with van der Waals surface area (Å²) in [7, 11) is -3.83. The highest BCUT2D eigenvalue weighted by Crippen LogP contribution is 2.23. The van der Waals surface area contributed by atoms with E-state index in [9.17, 15) is 13.2 Å². The minimum absolute atomic E-state index is 0.0921. The van der Waals surface area contributed by atoms with Gasteiger partial charge >= 0.3 is 0 Å². The summed E-state index contributed by atoms with van der Waals surface area (Å²) in [6, 6.07) is 10.3. The van der Waals surface area contributed by atoms with E-state index in [4.69, 9.17) is 0 Å². The third-order valence-electron chi connectivity index (χ3n) is 4.82. The van der Waals surface area contributed by atoms with Gasteiger partial charge in [0.1, 0.15) is 0 Å². The lowest BCUT2D eigenvalue weighted by Gasteiger charge is -2.14. The molecular weight excluding hydrogens is 400 g/mol. The summed E-state index contributed by atoms with van der Waals surface area (Å²) < 4.78 is 30.6. The molecule has 2 aromatic carbocycles. The predicted octanol–water partition coefficient (Wildman–Crippen LogP) is 3.43. The lowest BCUT2D eigenvalue weighted by atomic mass is 10.1. The third-order valence-corrected chi connectivity index (χ3v) is 6.32. The van der Waals surface area contributed by atoms with Gasteiger partial charge in [-0.15, -0.1) is 0 Å². The van der Waals surface area contributed by atoms with Crippen LogP contribution in [0.3, 0.4) is 0 Å². The Morgan fingerprint density at radius 3 is 2.57 bits per heavy atom. The third kappa shape index (κ3) is 5.27. The Bertz CT molecular complexity index is 1140. The molecule has 0 bridgehead atoms. The summed E-state index contributed by atoms with van der Waals surface area (Å²) in [5.74, 6) is -0.302. The molecule has 2 N–H and O–H groups in total. The molecule has 3 aromatic rings. The molecular formula is C22H26N4O3S. The molecule has 1 aromatic heterocycles. The van der Waals surface area contributed by atoms with Crippen molar-refractivity contribution in [3.8, 4) is 0 Å². The van der Waals surface area contributed by atoms with Crippen LogP contribution in [0.2, 0.25) is 0 Å². The predicted molar refractivity (Wildman–Crippen MR) is 117 cm³/mol. The molecule has 0 radical (unpaired) electrons. The molecule has 0 unspecified atom stereocenters. The van der Waals surface area contributed by atoms with Crippen molar-refractivity contribution in [2.24, 2.45) is 0 Å². The molecule has 30 heavy (non-hydrogen) atoms. The summed E-state index contributed by atoms with van der Waals surface area (Å²) in [5, 5.41) is 2.84. The first-order chi connectivity index (χ1) is 14.3. The van der Waals surface area contributed by atoms with Crippen molar-refractivity contribution >= 4 is 21.6 Å². The first-order valence-electron chi connectivity index (χ1n) is 9.71. The fourth-order valence-electron chi connectivity index (χ4n) is 3.06. The molecule has 158 valence electrons. The van der Waals surface area contributed by atoms with Gasteiger partial charge in [0.15, 0.2) is 0 Å². The second kappa shape index (κ2) is 9.13. The van der Waals surface area contributed by atoms with Crippen LogP contribution in [0.15, 0.2) is 60.0 Å². The van der Waals surface area contributed by atoms with Gasteiger partial charge in [-0.3, -0.25) is 9.52 Å². The zero-order chi connectivity index (χ0) is 21.7. The number of rotatable bonds is 8. The molecule has 0 aliphatic carbocycles. The molecule has 0 aliphatic rings. The maximum absolute atomic E-state index is 13.0. The topological polar surface area (TPSA) is 93.1 Å². The Kier molecular flexibility index (Phi) is 6.56. The quantitative estimate of drug-likeness (QED) is 0.540. The zero-order valence-electron chi connectivity index (χ0n) is 17.3. The second-order valence-corrected chi connectivity index (χ2v) is 8.96. The van der Waals surface area contributed by atoms with Gasteiger partial charge in [0.05, 0.1) is 16.9 Å². The standard InChI is InChI=1S/C22H26N4O3S/c1-16-5-6-17(2)20(13-16)25-30(28,29)21-14-19(8-7-18(21)3)22(27)24-9-4-11-26-12-10-23-15-26/h5-8,10,12-15,25H,4,9,11H2,1-3H3,(H,24,27). The molecule has 1 heterocycles. The van der Waals surface area contributed by atoms with Crippen molar-refractivity contribution < 1.29 is 13.2 Å². The smallest absolute Gasteiger partial charge is 0.262 e. The number of benzene rings is 2. The molecule has 8 heteroatoms. The van der Waals surface area contributed by atoms with E-state index in [0.29, 0.717) is 23.4 Å². The zero-order valence-corrected chi connectivity index (χ0v) is 18.2. The van der Waals surface area contributed by atoms with E-state index in [2.05, 4.69) is 15.0 Å². The average molecular weight is 427 g/mol. The summed E-state index contributed by atoms with van der Waals surface area (Å²) in [6.45, 7) is 6.68. The molecule has 0 aliphatic heterocycles. The number of nitrogens with zero attached hydrogens (tertiary/aromatic N) is 2. The van der Waals surface area contributed by atoms with E-state index >= 15 is 0 Å². The van der Waals surface area contributed by atoms with Gasteiger partial charge in [0.2, 0.25) is 0 Å². The SMILES string of the molecule is Cc1ccc(C)c(NS(=O)(=O)c2cc(C(=O)NCCCn3ccnc3)ccc2C)c1. The number of aromatic nitrogens is 2. The minimum Gasteiger partial charge on any atom is -0.352 e. The number of amides is 1. The van der Waals surface area contributed by atoms with Gasteiger partial charge in [0.25, 0.3) is 15.9 Å². The lowest BCUT2D eigenvalue weighted by Crippen LogP contribution is -2.25. The van der Waals surface area contributed by atoms with Crippen LogP contribution in [0.4, 0.5) is 5.69 Å². The van der Waals surface area contributed by atoms with E-state index in [1.54, 1.807) is 37.6 Å². The number of carbonyl (C=O) groups is 1. The number of imidazole rings is 1. The number of carbonyl (C=O) groups excluding carboxylic acids is 1. The van der Waals surface area contributed by atoms with Crippen LogP contribution < -0.4 is 10.0 Å². The fraction of sp³-hybridized carbons (Fsp3) is 0.273. The Labute approximate surface area is 177 Å². The monoisotopic (exact) mass is 426 g/mol. The largest absolute Gasteiger partial charge is 0.352 e. The summed E-state index contributed by atoms with van der Waals surface area (Å²) in [4.78, 5) is 16.6. The van der Waals surface area contributed by atoms with Crippen LogP contribution in [0.5, 0.6) is 0 Å². The van der Waals surface area contributed by atoms with Crippen molar-refractivity contribution in [1.82, 2.24) is 14.9 Å². The van der Waals surface area contributed by atoms with E-state index in [-0.39, 0.29) is 10.8 Å². The maximum atomic E-state index is 13.0. The van der Waals surface area contributed by atoms with Crippen molar-refractivity contribution in [2.75, 3.05) is 11.3 Å². The van der Waals surface area contributed by atoms with E-state index in [0.717, 1.165) is 24.1 Å². The van der Waals surface area contributed by atoms with Gasteiger partial charge in [-0.05, 0) is 62.1 Å². The van der Waals surface area contributed by atoms with Gasteiger partial charge in [0, 0.05) is 31.0 Å². The van der Waals surface area contributed by atoms with Gasteiger partial charge in [-0.1, -0.05) is 18.2 Å². The van der Waals surface area contributed by atoms with E-state index < -0.39 is 10.0 Å². The van der Waals surface area contributed by atoms with Crippen molar-refractivity contribution in [3.63, 3.8) is 0 Å². The molecule has 0 saturated carbocycles. The van der Waals surface area contributed by atoms with Crippen molar-refractivity contribution in [1.29, 1.82) is 0 Å². The van der Waals surface area contributed by atoms with Crippen LogP contribution in [0.1, 0.15) is 33.5 Å². The number of aryl methyl sites for hydroxylation is 4. The molecule has 0 atom stereocenters. The number of hydrogen-bond donors (Lipinski definition) is 2. The molecule has 3 rings (SSSR count). The number of nitrogens with one attached hydrogen (secondary N) is 2.